The minimum atomic E-state index is -0.272. The second-order valence-electron chi connectivity index (χ2n) is 3.86. The second-order valence-corrected chi connectivity index (χ2v) is 6.92. The van der Waals surface area contributed by atoms with Crippen molar-refractivity contribution in [1.82, 2.24) is 0 Å². The summed E-state index contributed by atoms with van der Waals surface area (Å²) in [6.07, 6.45) is 4.80. The molecule has 3 heteroatoms. The Morgan fingerprint density at radius 3 is 2.47 bits per heavy atom. The first kappa shape index (κ1) is 11.3. The molecule has 0 unspecified atom stereocenters. The van der Waals surface area contributed by atoms with Crippen LogP contribution in [-0.4, -0.2) is 9.52 Å². The molecule has 1 aromatic rings. The van der Waals surface area contributed by atoms with Gasteiger partial charge in [-0.05, 0) is 42.9 Å². The molecule has 1 nitrogen and oxygen atoms in total. The van der Waals surface area contributed by atoms with Gasteiger partial charge in [-0.25, -0.2) is 0 Å². The fourth-order valence-electron chi connectivity index (χ4n) is 2.01. The highest BCUT2D eigenvalue weighted by molar-refractivity contribution is 9.25. The zero-order valence-electron chi connectivity index (χ0n) is 8.30. The summed E-state index contributed by atoms with van der Waals surface area (Å²) in [5.41, 5.74) is 3.57. The molecule has 0 N–H and O–H groups in total. The van der Waals surface area contributed by atoms with Gasteiger partial charge in [-0.2, -0.15) is 0 Å². The van der Waals surface area contributed by atoms with E-state index in [9.17, 15) is 4.79 Å². The molecule has 0 amide bonds. The van der Waals surface area contributed by atoms with Crippen LogP contribution in [0.3, 0.4) is 0 Å². The largest absolute Gasteiger partial charge is 0.292 e. The van der Waals surface area contributed by atoms with E-state index >= 15 is 0 Å². The van der Waals surface area contributed by atoms with Gasteiger partial charge in [0.1, 0.15) is 3.74 Å². The van der Waals surface area contributed by atoms with Gasteiger partial charge in [-0.15, -0.1) is 0 Å². The summed E-state index contributed by atoms with van der Waals surface area (Å²) in [6, 6.07) is 6.08. The molecular formula is C12H12Br2O. The molecule has 15 heavy (non-hydrogen) atoms. The maximum atomic E-state index is 11.7. The fraction of sp³-hybridized carbons (Fsp3) is 0.417. The molecule has 80 valence electrons. The van der Waals surface area contributed by atoms with Crippen LogP contribution in [0, 0.1) is 0 Å². The van der Waals surface area contributed by atoms with Crippen LogP contribution < -0.4 is 0 Å². The highest BCUT2D eigenvalue weighted by atomic mass is 79.9. The Hall–Kier alpha value is -0.150. The van der Waals surface area contributed by atoms with E-state index in [0.717, 1.165) is 18.4 Å². The van der Waals surface area contributed by atoms with Crippen molar-refractivity contribution in [2.24, 2.45) is 0 Å². The maximum absolute atomic E-state index is 11.7. The normalized spacial score (nSPS) is 15.1. The molecular weight excluding hydrogens is 320 g/mol. The van der Waals surface area contributed by atoms with E-state index in [0.29, 0.717) is 0 Å². The van der Waals surface area contributed by atoms with Gasteiger partial charge in [-0.3, -0.25) is 4.79 Å². The number of alkyl halides is 2. The third-order valence-corrected chi connectivity index (χ3v) is 3.66. The highest BCUT2D eigenvalue weighted by Gasteiger charge is 2.16. The van der Waals surface area contributed by atoms with E-state index in [1.54, 1.807) is 0 Å². The Kier molecular flexibility index (Phi) is 3.62. The number of hydrogen-bond acceptors (Lipinski definition) is 1. The van der Waals surface area contributed by atoms with Crippen LogP contribution in [0.15, 0.2) is 18.2 Å². The predicted molar refractivity (Wildman–Crippen MR) is 69.1 cm³/mol. The Morgan fingerprint density at radius 2 is 1.80 bits per heavy atom. The number of hydrogen-bond donors (Lipinski definition) is 0. The van der Waals surface area contributed by atoms with Crippen LogP contribution in [0.1, 0.15) is 34.3 Å². The average molecular weight is 332 g/mol. The van der Waals surface area contributed by atoms with Gasteiger partial charge in [0.25, 0.3) is 0 Å². The van der Waals surface area contributed by atoms with E-state index in [1.807, 2.05) is 12.1 Å². The Bertz CT molecular complexity index is 385. The van der Waals surface area contributed by atoms with Crippen molar-refractivity contribution in [2.75, 3.05) is 0 Å². The molecule has 0 heterocycles. The lowest BCUT2D eigenvalue weighted by Gasteiger charge is -2.16. The van der Waals surface area contributed by atoms with Gasteiger partial charge in [0.15, 0.2) is 5.78 Å². The van der Waals surface area contributed by atoms with Crippen LogP contribution in [0.4, 0.5) is 0 Å². The lowest BCUT2D eigenvalue weighted by molar-refractivity contribution is 0.101. The maximum Gasteiger partial charge on any atom is 0.187 e. The van der Waals surface area contributed by atoms with Crippen molar-refractivity contribution >= 4 is 37.6 Å². The van der Waals surface area contributed by atoms with E-state index in [-0.39, 0.29) is 9.52 Å². The summed E-state index contributed by atoms with van der Waals surface area (Å²) in [6.45, 7) is 0. The zero-order chi connectivity index (χ0) is 10.8. The monoisotopic (exact) mass is 330 g/mol. The van der Waals surface area contributed by atoms with Gasteiger partial charge >= 0.3 is 0 Å². The number of benzene rings is 1. The summed E-state index contributed by atoms with van der Waals surface area (Å²) < 4.78 is -0.272. The minimum absolute atomic E-state index is 0.100. The minimum Gasteiger partial charge on any atom is -0.292 e. The molecule has 1 aromatic carbocycles. The van der Waals surface area contributed by atoms with E-state index in [2.05, 4.69) is 37.9 Å². The smallest absolute Gasteiger partial charge is 0.187 e. The molecule has 1 aliphatic rings. The molecule has 0 aliphatic heterocycles. The first-order valence-electron chi connectivity index (χ1n) is 5.12. The van der Waals surface area contributed by atoms with Crippen molar-refractivity contribution in [3.63, 3.8) is 0 Å². The van der Waals surface area contributed by atoms with Crippen molar-refractivity contribution in [1.29, 1.82) is 0 Å². The van der Waals surface area contributed by atoms with Crippen molar-refractivity contribution in [3.05, 3.63) is 34.9 Å². The first-order valence-corrected chi connectivity index (χ1v) is 6.96. The van der Waals surface area contributed by atoms with Crippen LogP contribution >= 0.6 is 31.9 Å². The summed E-state index contributed by atoms with van der Waals surface area (Å²) in [7, 11) is 0. The summed E-state index contributed by atoms with van der Waals surface area (Å²) >= 11 is 6.48. The second kappa shape index (κ2) is 4.79. The molecule has 0 saturated heterocycles. The molecule has 0 spiro atoms. The third kappa shape index (κ3) is 2.51. The molecule has 1 aliphatic carbocycles. The zero-order valence-corrected chi connectivity index (χ0v) is 11.5. The van der Waals surface area contributed by atoms with Crippen molar-refractivity contribution < 1.29 is 4.79 Å². The van der Waals surface area contributed by atoms with E-state index < -0.39 is 0 Å². The number of carbonyl (C=O) groups excluding carboxylic acids is 1. The number of halogens is 2. The summed E-state index contributed by atoms with van der Waals surface area (Å²) in [5, 5.41) is 0. The molecule has 0 atom stereocenters. The fourth-order valence-corrected chi connectivity index (χ4v) is 2.54. The SMILES string of the molecule is O=C(c1ccc2c(c1)CCCC2)C(Br)Br. The van der Waals surface area contributed by atoms with Crippen LogP contribution in [-0.2, 0) is 12.8 Å². The van der Waals surface area contributed by atoms with Crippen LogP contribution in [0.25, 0.3) is 0 Å². The molecule has 0 bridgehead atoms. The van der Waals surface area contributed by atoms with Crippen molar-refractivity contribution in [3.8, 4) is 0 Å². The number of rotatable bonds is 2. The summed E-state index contributed by atoms with van der Waals surface area (Å²) in [4.78, 5) is 11.7. The van der Waals surface area contributed by atoms with Gasteiger partial charge < -0.3 is 0 Å². The first-order chi connectivity index (χ1) is 7.18. The lowest BCUT2D eigenvalue weighted by Crippen LogP contribution is -2.10. The van der Waals surface area contributed by atoms with Crippen LogP contribution in [0.5, 0.6) is 0 Å². The lowest BCUT2D eigenvalue weighted by atomic mass is 9.90. The number of aryl methyl sites for hydroxylation is 2. The third-order valence-electron chi connectivity index (χ3n) is 2.83. The standard InChI is InChI=1S/C12H12Br2O/c13-12(14)11(15)10-6-5-8-3-1-2-4-9(8)7-10/h5-7,12H,1-4H2. The molecule has 0 aromatic heterocycles. The molecule has 0 saturated carbocycles. The van der Waals surface area contributed by atoms with Crippen LogP contribution in [0.2, 0.25) is 0 Å². The quantitative estimate of drug-likeness (QED) is 0.594. The number of carbonyl (C=O) groups is 1. The Balaban J connectivity index is 2.32. The van der Waals surface area contributed by atoms with Gasteiger partial charge in [-0.1, -0.05) is 44.0 Å². The molecule has 0 radical (unpaired) electrons. The summed E-state index contributed by atoms with van der Waals surface area (Å²) in [5.74, 6) is 0.100. The topological polar surface area (TPSA) is 17.1 Å². The number of ketones is 1. The van der Waals surface area contributed by atoms with E-state index in [4.69, 9.17) is 0 Å². The number of fused-ring (bicyclic) bond motifs is 1. The van der Waals surface area contributed by atoms with Crippen molar-refractivity contribution in [2.45, 2.75) is 29.4 Å². The molecule has 2 rings (SSSR count). The van der Waals surface area contributed by atoms with E-state index in [1.165, 1.54) is 24.0 Å². The molecule has 0 fully saturated rings. The van der Waals surface area contributed by atoms with Gasteiger partial charge in [0, 0.05) is 5.56 Å². The Morgan fingerprint density at radius 1 is 1.13 bits per heavy atom. The van der Waals surface area contributed by atoms with Gasteiger partial charge in [0.2, 0.25) is 0 Å². The Labute approximate surface area is 107 Å². The predicted octanol–water partition coefficient (Wildman–Crippen LogP) is 3.86. The van der Waals surface area contributed by atoms with Gasteiger partial charge in [0.05, 0.1) is 0 Å². The highest BCUT2D eigenvalue weighted by Crippen LogP contribution is 2.24. The number of Topliss-reactive ketones (excluding diaryl/α,β-unsaturated/α-hetero) is 1. The average Bonchev–Trinajstić information content (AvgIpc) is 2.27.